The molecule has 0 aromatic carbocycles. The fourth-order valence-corrected chi connectivity index (χ4v) is 2.80. The maximum Gasteiger partial charge on any atom is 0.434 e. The van der Waals surface area contributed by atoms with Gasteiger partial charge in [-0.15, -0.1) is 11.3 Å². The van der Waals surface area contributed by atoms with Crippen molar-refractivity contribution in [2.24, 2.45) is 0 Å². The number of hydrogen-bond donors (Lipinski definition) is 1. The maximum atomic E-state index is 12.7. The summed E-state index contributed by atoms with van der Waals surface area (Å²) in [7, 11) is 0. The van der Waals surface area contributed by atoms with Crippen LogP contribution >= 0.6 is 22.9 Å². The first kappa shape index (κ1) is 15.8. The number of anilines is 1. The van der Waals surface area contributed by atoms with Crippen molar-refractivity contribution in [3.8, 4) is 0 Å². The van der Waals surface area contributed by atoms with E-state index in [0.717, 1.165) is 17.0 Å². The molecule has 0 atom stereocenters. The molecular weight excluding hydrogens is 325 g/mol. The molecule has 2 aromatic heterocycles. The van der Waals surface area contributed by atoms with Gasteiger partial charge in [0.15, 0.2) is 5.69 Å². The van der Waals surface area contributed by atoms with Crippen LogP contribution in [0.3, 0.4) is 0 Å². The molecule has 0 aliphatic rings. The van der Waals surface area contributed by atoms with Crippen LogP contribution in [0.2, 0.25) is 0 Å². The van der Waals surface area contributed by atoms with Crippen LogP contribution in [0.4, 0.5) is 18.3 Å². The zero-order valence-corrected chi connectivity index (χ0v) is 12.9. The molecule has 1 N–H and O–H groups in total. The highest BCUT2D eigenvalue weighted by atomic mass is 32.1. The van der Waals surface area contributed by atoms with Gasteiger partial charge in [-0.1, -0.05) is 20.8 Å². The number of aromatic nitrogens is 3. The first-order chi connectivity index (χ1) is 9.59. The van der Waals surface area contributed by atoms with Crippen LogP contribution in [0.15, 0.2) is 5.51 Å². The third-order valence-corrected chi connectivity index (χ3v) is 3.82. The van der Waals surface area contributed by atoms with Gasteiger partial charge in [-0.2, -0.15) is 17.5 Å². The molecule has 0 aliphatic carbocycles. The van der Waals surface area contributed by atoms with E-state index in [2.05, 4.69) is 19.7 Å². The van der Waals surface area contributed by atoms with E-state index in [9.17, 15) is 18.0 Å². The number of nitrogens with one attached hydrogen (secondary N) is 1. The average molecular weight is 336 g/mol. The third-order valence-electron chi connectivity index (χ3n) is 2.36. The molecule has 0 aliphatic heterocycles. The summed E-state index contributed by atoms with van der Waals surface area (Å²) in [5.41, 5.74) is -0.509. The van der Waals surface area contributed by atoms with Crippen LogP contribution in [0.25, 0.3) is 0 Å². The van der Waals surface area contributed by atoms with E-state index in [1.54, 1.807) is 0 Å². The Morgan fingerprint density at radius 1 is 1.29 bits per heavy atom. The summed E-state index contributed by atoms with van der Waals surface area (Å²) in [4.78, 5) is 18.7. The molecule has 0 bridgehead atoms. The van der Waals surface area contributed by atoms with E-state index in [1.807, 2.05) is 20.8 Å². The van der Waals surface area contributed by atoms with Gasteiger partial charge in [-0.3, -0.25) is 10.1 Å². The lowest BCUT2D eigenvalue weighted by Crippen LogP contribution is -2.17. The maximum absolute atomic E-state index is 12.7. The predicted octanol–water partition coefficient (Wildman–Crippen LogP) is 3.56. The minimum atomic E-state index is -4.66. The Balaban J connectivity index is 2.20. The van der Waals surface area contributed by atoms with Gasteiger partial charge in [0.1, 0.15) is 10.7 Å². The van der Waals surface area contributed by atoms with Gasteiger partial charge in [0, 0.05) is 16.9 Å². The lowest BCUT2D eigenvalue weighted by atomic mass is 9.96. The van der Waals surface area contributed by atoms with Crippen molar-refractivity contribution in [1.29, 1.82) is 0 Å². The number of rotatable bonds is 2. The highest BCUT2D eigenvalue weighted by Crippen LogP contribution is 2.33. The Bertz CT molecular complexity index is 657. The lowest BCUT2D eigenvalue weighted by Gasteiger charge is -2.12. The summed E-state index contributed by atoms with van der Waals surface area (Å²) in [5, 5.41) is 2.48. The van der Waals surface area contributed by atoms with Gasteiger partial charge in [0.05, 0.1) is 5.51 Å². The van der Waals surface area contributed by atoms with Crippen molar-refractivity contribution in [2.75, 3.05) is 5.32 Å². The molecular formula is C11H11F3N4OS2. The van der Waals surface area contributed by atoms with Crippen LogP contribution < -0.4 is 5.32 Å². The first-order valence-corrected chi connectivity index (χ1v) is 7.40. The molecule has 5 nitrogen and oxygen atoms in total. The highest BCUT2D eigenvalue weighted by molar-refractivity contribution is 7.12. The smallest absolute Gasteiger partial charge is 0.296 e. The minimum absolute atomic E-state index is 0.159. The quantitative estimate of drug-likeness (QED) is 0.910. The van der Waals surface area contributed by atoms with Gasteiger partial charge in [-0.05, 0) is 0 Å². The molecule has 0 unspecified atom stereocenters. The minimum Gasteiger partial charge on any atom is -0.296 e. The second-order valence-electron chi connectivity index (χ2n) is 5.16. The van der Waals surface area contributed by atoms with Crippen molar-refractivity contribution in [1.82, 2.24) is 14.3 Å². The van der Waals surface area contributed by atoms with E-state index in [0.29, 0.717) is 17.2 Å². The van der Waals surface area contributed by atoms with E-state index in [-0.39, 0.29) is 10.5 Å². The zero-order valence-electron chi connectivity index (χ0n) is 11.3. The molecule has 10 heteroatoms. The highest BCUT2D eigenvalue weighted by Gasteiger charge is 2.38. The Morgan fingerprint density at radius 3 is 2.48 bits per heavy atom. The van der Waals surface area contributed by atoms with E-state index < -0.39 is 22.7 Å². The number of alkyl halides is 3. The molecule has 0 saturated carbocycles. The monoisotopic (exact) mass is 336 g/mol. The summed E-state index contributed by atoms with van der Waals surface area (Å²) in [6.45, 7) is 5.68. The Morgan fingerprint density at radius 2 is 1.95 bits per heavy atom. The van der Waals surface area contributed by atoms with Gasteiger partial charge in [0.2, 0.25) is 5.13 Å². The van der Waals surface area contributed by atoms with Crippen LogP contribution in [-0.4, -0.2) is 20.2 Å². The van der Waals surface area contributed by atoms with Crippen molar-refractivity contribution < 1.29 is 18.0 Å². The number of nitrogens with zero attached hydrogens (tertiary/aromatic N) is 3. The van der Waals surface area contributed by atoms with Crippen molar-refractivity contribution in [2.45, 2.75) is 32.4 Å². The second-order valence-corrected chi connectivity index (χ2v) is 6.76. The molecule has 1 amide bonds. The molecule has 2 aromatic rings. The number of carbonyl (C=O) groups is 1. The second kappa shape index (κ2) is 5.34. The molecule has 0 saturated heterocycles. The van der Waals surface area contributed by atoms with Crippen molar-refractivity contribution in [3.05, 3.63) is 21.9 Å². The topological polar surface area (TPSA) is 67.8 Å². The summed E-state index contributed by atoms with van der Waals surface area (Å²) in [6, 6.07) is 0. The van der Waals surface area contributed by atoms with Crippen LogP contribution in [-0.2, 0) is 11.6 Å². The molecule has 0 radical (unpaired) electrons. The molecule has 2 heterocycles. The fourth-order valence-electron chi connectivity index (χ4n) is 1.34. The molecule has 0 fully saturated rings. The summed E-state index contributed by atoms with van der Waals surface area (Å²) >= 11 is 1.55. The van der Waals surface area contributed by atoms with Gasteiger partial charge in [0.25, 0.3) is 5.91 Å². The van der Waals surface area contributed by atoms with E-state index in [4.69, 9.17) is 0 Å². The normalized spacial score (nSPS) is 12.5. The predicted molar refractivity (Wildman–Crippen MR) is 73.7 cm³/mol. The van der Waals surface area contributed by atoms with Gasteiger partial charge in [-0.25, -0.2) is 9.97 Å². The number of amides is 1. The van der Waals surface area contributed by atoms with E-state index in [1.165, 1.54) is 0 Å². The Kier molecular flexibility index (Phi) is 4.02. The SMILES string of the molecule is CC(C)(C)c1nsc(NC(=O)c2scnc2C(F)(F)F)n1. The largest absolute Gasteiger partial charge is 0.434 e. The van der Waals surface area contributed by atoms with Crippen LogP contribution in [0.5, 0.6) is 0 Å². The number of hydrogen-bond acceptors (Lipinski definition) is 6. The third kappa shape index (κ3) is 3.56. The standard InChI is InChI=1S/C11H11F3N4OS2/c1-10(2,3)8-17-9(21-18-8)16-7(19)5-6(11(12,13)14)15-4-20-5/h4H,1-3H3,(H,16,17,18,19). The molecule has 21 heavy (non-hydrogen) atoms. The fraction of sp³-hybridized carbons (Fsp3) is 0.455. The number of halogens is 3. The summed E-state index contributed by atoms with van der Waals surface area (Å²) in [5.74, 6) is -0.371. The lowest BCUT2D eigenvalue weighted by molar-refractivity contribution is -0.141. The van der Waals surface area contributed by atoms with Crippen molar-refractivity contribution >= 4 is 33.9 Å². The zero-order chi connectivity index (χ0) is 15.8. The summed E-state index contributed by atoms with van der Waals surface area (Å²) < 4.78 is 42.1. The van der Waals surface area contributed by atoms with Crippen LogP contribution in [0, 0.1) is 0 Å². The Hall–Kier alpha value is -1.55. The molecule has 2 rings (SSSR count). The first-order valence-electron chi connectivity index (χ1n) is 5.75. The Labute approximate surface area is 126 Å². The average Bonchev–Trinajstić information content (AvgIpc) is 2.94. The van der Waals surface area contributed by atoms with Gasteiger partial charge >= 0.3 is 6.18 Å². The molecule has 114 valence electrons. The van der Waals surface area contributed by atoms with Crippen molar-refractivity contribution in [3.63, 3.8) is 0 Å². The summed E-state index contributed by atoms with van der Waals surface area (Å²) in [6.07, 6.45) is -4.66. The van der Waals surface area contributed by atoms with E-state index >= 15 is 0 Å². The van der Waals surface area contributed by atoms with Crippen LogP contribution in [0.1, 0.15) is 42.0 Å². The number of carbonyl (C=O) groups excluding carboxylic acids is 1. The molecule has 0 spiro atoms. The number of thiazole rings is 1. The van der Waals surface area contributed by atoms with Gasteiger partial charge < -0.3 is 0 Å².